The Morgan fingerprint density at radius 2 is 1.65 bits per heavy atom. The molecule has 0 bridgehead atoms. The van der Waals surface area contributed by atoms with E-state index in [4.69, 9.17) is 21.3 Å². The number of para-hydroxylation sites is 2. The highest BCUT2D eigenvalue weighted by Gasteiger charge is 2.11. The van der Waals surface area contributed by atoms with Gasteiger partial charge in [-0.1, -0.05) is 61.8 Å². The number of ether oxygens (including phenoxy) is 1. The first-order valence-corrected chi connectivity index (χ1v) is 11.4. The number of benzene rings is 3. The van der Waals surface area contributed by atoms with Crippen LogP contribution in [0.1, 0.15) is 49.6 Å². The van der Waals surface area contributed by atoms with Crippen molar-refractivity contribution >= 4 is 22.6 Å². The van der Waals surface area contributed by atoms with Crippen LogP contribution in [0, 0.1) is 0 Å². The second kappa shape index (κ2) is 10.0. The van der Waals surface area contributed by atoms with E-state index >= 15 is 0 Å². The van der Waals surface area contributed by atoms with Gasteiger partial charge < -0.3 is 9.30 Å². The third-order valence-corrected chi connectivity index (χ3v) is 5.85. The normalized spacial score (nSPS) is 11.4. The molecule has 0 saturated heterocycles. The zero-order chi connectivity index (χ0) is 21.6. The van der Waals surface area contributed by atoms with E-state index in [0.29, 0.717) is 5.92 Å². The van der Waals surface area contributed by atoms with Crippen molar-refractivity contribution in [3.8, 4) is 5.75 Å². The average Bonchev–Trinajstić information content (AvgIpc) is 3.12. The Kier molecular flexibility index (Phi) is 6.93. The van der Waals surface area contributed by atoms with Gasteiger partial charge in [-0.25, -0.2) is 4.98 Å². The van der Waals surface area contributed by atoms with Gasteiger partial charge in [-0.2, -0.15) is 0 Å². The maximum absolute atomic E-state index is 6.04. The third kappa shape index (κ3) is 5.48. The van der Waals surface area contributed by atoms with Gasteiger partial charge in [-0.05, 0) is 66.3 Å². The molecule has 0 N–H and O–H groups in total. The minimum absolute atomic E-state index is 0.543. The Bertz CT molecular complexity index is 1110. The maximum Gasteiger partial charge on any atom is 0.119 e. The Morgan fingerprint density at radius 3 is 2.39 bits per heavy atom. The molecule has 0 unspecified atom stereocenters. The van der Waals surface area contributed by atoms with E-state index in [9.17, 15) is 0 Å². The van der Waals surface area contributed by atoms with E-state index in [-0.39, 0.29) is 0 Å². The quantitative estimate of drug-likeness (QED) is 0.260. The van der Waals surface area contributed by atoms with Crippen molar-refractivity contribution in [2.75, 3.05) is 6.61 Å². The standard InChI is InChI=1S/C27H29ClN2O/c1-20(2)22-11-15-24(16-12-22)31-18-6-5-17-30-26-8-4-3-7-25(26)29-27(30)19-21-9-13-23(28)14-10-21/h3-4,7-16,20H,5-6,17-19H2,1-2H3. The van der Waals surface area contributed by atoms with Crippen LogP contribution in [0.25, 0.3) is 11.0 Å². The highest BCUT2D eigenvalue weighted by Crippen LogP contribution is 2.21. The molecule has 0 fully saturated rings. The van der Waals surface area contributed by atoms with Gasteiger partial charge in [-0.3, -0.25) is 0 Å². The van der Waals surface area contributed by atoms with Crippen LogP contribution >= 0.6 is 11.6 Å². The van der Waals surface area contributed by atoms with Gasteiger partial charge >= 0.3 is 0 Å². The number of hydrogen-bond acceptors (Lipinski definition) is 2. The number of aromatic nitrogens is 2. The van der Waals surface area contributed by atoms with Gasteiger partial charge in [-0.15, -0.1) is 0 Å². The number of hydrogen-bond donors (Lipinski definition) is 0. The van der Waals surface area contributed by atoms with Gasteiger partial charge in [0, 0.05) is 18.0 Å². The highest BCUT2D eigenvalue weighted by atomic mass is 35.5. The summed E-state index contributed by atoms with van der Waals surface area (Å²) in [5, 5.41) is 0.760. The molecule has 0 aliphatic carbocycles. The number of unbranched alkanes of at least 4 members (excludes halogenated alkanes) is 1. The van der Waals surface area contributed by atoms with Crippen molar-refractivity contribution in [1.29, 1.82) is 0 Å². The fraction of sp³-hybridized carbons (Fsp3) is 0.296. The van der Waals surface area contributed by atoms with Crippen LogP contribution in [0.4, 0.5) is 0 Å². The zero-order valence-corrected chi connectivity index (χ0v) is 19.0. The second-order valence-corrected chi connectivity index (χ2v) is 8.69. The summed E-state index contributed by atoms with van der Waals surface area (Å²) in [5.74, 6) is 2.58. The van der Waals surface area contributed by atoms with E-state index in [0.717, 1.165) is 54.5 Å². The van der Waals surface area contributed by atoms with Gasteiger partial charge in [0.15, 0.2) is 0 Å². The van der Waals surface area contributed by atoms with E-state index in [1.54, 1.807) is 0 Å². The Morgan fingerprint density at radius 1 is 0.903 bits per heavy atom. The molecule has 4 rings (SSSR count). The zero-order valence-electron chi connectivity index (χ0n) is 18.2. The van der Waals surface area contributed by atoms with Crippen molar-refractivity contribution in [3.63, 3.8) is 0 Å². The van der Waals surface area contributed by atoms with Crippen molar-refractivity contribution < 1.29 is 4.74 Å². The van der Waals surface area contributed by atoms with Crippen LogP contribution in [0.2, 0.25) is 5.02 Å². The Hall–Kier alpha value is -2.78. The molecular formula is C27H29ClN2O. The maximum atomic E-state index is 6.04. The molecule has 1 heterocycles. The summed E-state index contributed by atoms with van der Waals surface area (Å²) in [6.07, 6.45) is 2.83. The molecule has 3 nitrogen and oxygen atoms in total. The van der Waals surface area contributed by atoms with Crippen molar-refractivity contribution in [2.45, 2.75) is 45.6 Å². The van der Waals surface area contributed by atoms with E-state index in [1.807, 2.05) is 18.2 Å². The predicted molar refractivity (Wildman–Crippen MR) is 129 cm³/mol. The summed E-state index contributed by atoms with van der Waals surface area (Å²) in [6, 6.07) is 24.8. The van der Waals surface area contributed by atoms with Gasteiger partial charge in [0.05, 0.1) is 17.6 Å². The number of fused-ring (bicyclic) bond motifs is 1. The van der Waals surface area contributed by atoms with Crippen molar-refractivity contribution in [1.82, 2.24) is 9.55 Å². The number of halogens is 1. The molecule has 160 valence electrons. The molecule has 0 aliphatic rings. The fourth-order valence-corrected chi connectivity index (χ4v) is 3.93. The Labute approximate surface area is 189 Å². The Balaban J connectivity index is 1.37. The molecule has 4 heteroatoms. The molecule has 1 aromatic heterocycles. The van der Waals surface area contributed by atoms with Crippen molar-refractivity contribution in [2.24, 2.45) is 0 Å². The van der Waals surface area contributed by atoms with Crippen LogP contribution < -0.4 is 4.74 Å². The molecule has 0 saturated carbocycles. The first kappa shape index (κ1) is 21.5. The molecule has 3 aromatic carbocycles. The predicted octanol–water partition coefficient (Wildman–Crippen LogP) is 7.26. The number of aryl methyl sites for hydroxylation is 1. The summed E-state index contributed by atoms with van der Waals surface area (Å²) in [7, 11) is 0. The first-order valence-electron chi connectivity index (χ1n) is 11.0. The smallest absolute Gasteiger partial charge is 0.119 e. The fourth-order valence-electron chi connectivity index (χ4n) is 3.81. The lowest BCUT2D eigenvalue weighted by Crippen LogP contribution is -2.07. The average molecular weight is 433 g/mol. The lowest BCUT2D eigenvalue weighted by Gasteiger charge is -2.11. The first-order chi connectivity index (χ1) is 15.1. The lowest BCUT2D eigenvalue weighted by molar-refractivity contribution is 0.303. The van der Waals surface area contributed by atoms with Crippen LogP contribution in [-0.2, 0) is 13.0 Å². The minimum atomic E-state index is 0.543. The van der Waals surface area contributed by atoms with Gasteiger partial charge in [0.1, 0.15) is 11.6 Å². The monoisotopic (exact) mass is 432 g/mol. The molecule has 31 heavy (non-hydrogen) atoms. The third-order valence-electron chi connectivity index (χ3n) is 5.60. The lowest BCUT2D eigenvalue weighted by atomic mass is 10.0. The van der Waals surface area contributed by atoms with Gasteiger partial charge in [0.2, 0.25) is 0 Å². The van der Waals surface area contributed by atoms with Crippen LogP contribution in [-0.4, -0.2) is 16.2 Å². The summed E-state index contributed by atoms with van der Waals surface area (Å²) < 4.78 is 8.30. The summed E-state index contributed by atoms with van der Waals surface area (Å²) in [5.41, 5.74) is 4.80. The highest BCUT2D eigenvalue weighted by molar-refractivity contribution is 6.30. The molecule has 0 spiro atoms. The summed E-state index contributed by atoms with van der Waals surface area (Å²) >= 11 is 6.04. The number of rotatable bonds is 9. The van der Waals surface area contributed by atoms with E-state index < -0.39 is 0 Å². The van der Waals surface area contributed by atoms with Crippen LogP contribution in [0.5, 0.6) is 5.75 Å². The molecule has 0 aliphatic heterocycles. The molecule has 4 aromatic rings. The van der Waals surface area contributed by atoms with Crippen LogP contribution in [0.15, 0.2) is 72.8 Å². The van der Waals surface area contributed by atoms with E-state index in [2.05, 4.69) is 73.0 Å². The van der Waals surface area contributed by atoms with Gasteiger partial charge in [0.25, 0.3) is 0 Å². The minimum Gasteiger partial charge on any atom is -0.494 e. The molecule has 0 amide bonds. The summed E-state index contributed by atoms with van der Waals surface area (Å²) in [6.45, 7) is 6.06. The molecular weight excluding hydrogens is 404 g/mol. The molecule has 0 atom stereocenters. The second-order valence-electron chi connectivity index (χ2n) is 8.25. The number of imidazole rings is 1. The van der Waals surface area contributed by atoms with E-state index in [1.165, 1.54) is 16.6 Å². The number of nitrogens with zero attached hydrogens (tertiary/aromatic N) is 2. The summed E-state index contributed by atoms with van der Waals surface area (Å²) in [4.78, 5) is 4.90. The largest absolute Gasteiger partial charge is 0.494 e. The SMILES string of the molecule is CC(C)c1ccc(OCCCCn2c(Cc3ccc(Cl)cc3)nc3ccccc32)cc1. The molecule has 0 radical (unpaired) electrons. The van der Waals surface area contributed by atoms with Crippen molar-refractivity contribution in [3.05, 3.63) is 94.8 Å². The van der Waals surface area contributed by atoms with Crippen LogP contribution in [0.3, 0.4) is 0 Å². The topological polar surface area (TPSA) is 27.1 Å².